The number of thiophene rings is 3. The summed E-state index contributed by atoms with van der Waals surface area (Å²) in [6, 6.07) is 7.45. The standard InChI is InChI=1S/C19H10N4O2S3/c24-19(25)9-2-1-8(15-20-11-3-5-26-17(11)22-15)10-7-28-14(13(9)10)16-21-12-4-6-27-18(12)23-16/h1-7H,(H,20,22)(H,21,23)(H,24,25). The maximum atomic E-state index is 11.9. The van der Waals surface area contributed by atoms with E-state index in [4.69, 9.17) is 0 Å². The molecule has 6 aromatic rings. The SMILES string of the molecule is O=C(O)c1ccc(-c2nc3sccc3[nH]2)c2csc(-c3nc4sccc4[nH]3)c12. The molecule has 6 rings (SSSR count). The molecule has 0 aliphatic rings. The van der Waals surface area contributed by atoms with Crippen molar-refractivity contribution in [2.24, 2.45) is 0 Å². The summed E-state index contributed by atoms with van der Waals surface area (Å²) < 4.78 is 0. The van der Waals surface area contributed by atoms with Gasteiger partial charge < -0.3 is 15.1 Å². The zero-order chi connectivity index (χ0) is 18.8. The Bertz CT molecular complexity index is 1460. The smallest absolute Gasteiger partial charge is 0.336 e. The fourth-order valence-electron chi connectivity index (χ4n) is 3.44. The number of fused-ring (bicyclic) bond motifs is 3. The number of carboxylic acid groups (broad SMARTS) is 1. The average molecular weight is 423 g/mol. The van der Waals surface area contributed by atoms with Crippen molar-refractivity contribution >= 4 is 71.4 Å². The number of H-pyrrole nitrogens is 2. The largest absolute Gasteiger partial charge is 0.478 e. The van der Waals surface area contributed by atoms with Crippen molar-refractivity contribution in [2.75, 3.05) is 0 Å². The molecule has 9 heteroatoms. The number of rotatable bonds is 3. The van der Waals surface area contributed by atoms with Gasteiger partial charge >= 0.3 is 5.97 Å². The maximum absolute atomic E-state index is 11.9. The Kier molecular flexibility index (Phi) is 3.28. The number of aromatic amines is 2. The van der Waals surface area contributed by atoms with Crippen molar-refractivity contribution in [1.82, 2.24) is 19.9 Å². The molecule has 0 radical (unpaired) electrons. The molecule has 6 nitrogen and oxygen atoms in total. The number of carboxylic acids is 1. The molecular formula is C19H10N4O2S3. The van der Waals surface area contributed by atoms with Gasteiger partial charge in [0.2, 0.25) is 0 Å². The van der Waals surface area contributed by atoms with E-state index in [0.29, 0.717) is 11.2 Å². The first-order chi connectivity index (χ1) is 13.7. The van der Waals surface area contributed by atoms with Crippen LogP contribution < -0.4 is 0 Å². The molecular weight excluding hydrogens is 412 g/mol. The van der Waals surface area contributed by atoms with Gasteiger partial charge in [-0.2, -0.15) is 0 Å². The third kappa shape index (κ3) is 2.21. The van der Waals surface area contributed by atoms with Crippen LogP contribution in [0, 0.1) is 0 Å². The van der Waals surface area contributed by atoms with Crippen LogP contribution in [0.4, 0.5) is 0 Å². The first-order valence-electron chi connectivity index (χ1n) is 8.34. The van der Waals surface area contributed by atoms with Crippen LogP contribution in [0.1, 0.15) is 10.4 Å². The van der Waals surface area contributed by atoms with Crippen LogP contribution in [-0.2, 0) is 0 Å². The topological polar surface area (TPSA) is 94.7 Å². The van der Waals surface area contributed by atoms with Crippen LogP contribution in [0.3, 0.4) is 0 Å². The molecule has 0 aliphatic heterocycles. The molecule has 1 aromatic carbocycles. The van der Waals surface area contributed by atoms with Gasteiger partial charge in [-0.15, -0.1) is 34.0 Å². The summed E-state index contributed by atoms with van der Waals surface area (Å²) in [5.74, 6) is 0.487. The van der Waals surface area contributed by atoms with E-state index in [9.17, 15) is 9.90 Å². The summed E-state index contributed by atoms with van der Waals surface area (Å²) in [6.45, 7) is 0. The molecule has 0 saturated heterocycles. The zero-order valence-electron chi connectivity index (χ0n) is 14.0. The first kappa shape index (κ1) is 16.0. The number of nitrogens with one attached hydrogen (secondary N) is 2. The van der Waals surface area contributed by atoms with Gasteiger partial charge in [-0.1, -0.05) is 0 Å². The third-order valence-corrected chi connectivity index (χ3v) is 7.29. The van der Waals surface area contributed by atoms with E-state index in [-0.39, 0.29) is 5.56 Å². The molecule has 0 bridgehead atoms. The number of hydrogen-bond donors (Lipinski definition) is 3. The van der Waals surface area contributed by atoms with E-state index in [1.807, 2.05) is 34.3 Å². The Morgan fingerprint density at radius 3 is 2.25 bits per heavy atom. The van der Waals surface area contributed by atoms with Gasteiger partial charge in [-0.05, 0) is 35.0 Å². The summed E-state index contributed by atoms with van der Waals surface area (Å²) in [5, 5.41) is 17.3. The Hall–Kier alpha value is -3.01. The van der Waals surface area contributed by atoms with Gasteiger partial charge in [0.05, 0.1) is 21.5 Å². The average Bonchev–Trinajstić information content (AvgIpc) is 3.42. The molecule has 5 aromatic heterocycles. The summed E-state index contributed by atoms with van der Waals surface area (Å²) in [7, 11) is 0. The highest BCUT2D eigenvalue weighted by molar-refractivity contribution is 7.17. The van der Waals surface area contributed by atoms with Gasteiger partial charge in [-0.25, -0.2) is 14.8 Å². The van der Waals surface area contributed by atoms with Crippen LogP contribution in [0.2, 0.25) is 0 Å². The number of carbonyl (C=O) groups is 1. The van der Waals surface area contributed by atoms with Crippen molar-refractivity contribution < 1.29 is 9.90 Å². The highest BCUT2D eigenvalue weighted by atomic mass is 32.1. The molecule has 0 saturated carbocycles. The number of aromatic nitrogens is 4. The van der Waals surface area contributed by atoms with Gasteiger partial charge in [0.25, 0.3) is 0 Å². The van der Waals surface area contributed by atoms with E-state index >= 15 is 0 Å². The predicted octanol–water partition coefficient (Wildman–Crippen LogP) is 5.81. The van der Waals surface area contributed by atoms with Crippen molar-refractivity contribution in [3.63, 3.8) is 0 Å². The Labute approximate surface area is 169 Å². The summed E-state index contributed by atoms with van der Waals surface area (Å²) in [4.78, 5) is 30.6. The van der Waals surface area contributed by atoms with E-state index in [1.54, 1.807) is 28.7 Å². The predicted molar refractivity (Wildman–Crippen MR) is 115 cm³/mol. The van der Waals surface area contributed by atoms with Crippen LogP contribution in [-0.4, -0.2) is 31.0 Å². The molecule has 3 N–H and O–H groups in total. The molecule has 0 amide bonds. The summed E-state index contributed by atoms with van der Waals surface area (Å²) >= 11 is 4.62. The lowest BCUT2D eigenvalue weighted by Crippen LogP contribution is -1.98. The zero-order valence-corrected chi connectivity index (χ0v) is 16.5. The van der Waals surface area contributed by atoms with Gasteiger partial charge in [-0.3, -0.25) is 0 Å². The molecule has 0 spiro atoms. The second-order valence-corrected chi connectivity index (χ2v) is 8.94. The maximum Gasteiger partial charge on any atom is 0.336 e. The van der Waals surface area contributed by atoms with Crippen molar-refractivity contribution in [1.29, 1.82) is 0 Å². The molecule has 0 aliphatic carbocycles. The van der Waals surface area contributed by atoms with Gasteiger partial charge in [0.1, 0.15) is 21.3 Å². The second kappa shape index (κ2) is 5.74. The molecule has 0 fully saturated rings. The molecule has 0 unspecified atom stereocenters. The number of imidazole rings is 2. The third-order valence-electron chi connectivity index (χ3n) is 4.69. The number of nitrogens with zero attached hydrogens (tertiary/aromatic N) is 2. The van der Waals surface area contributed by atoms with E-state index in [2.05, 4.69) is 19.9 Å². The molecule has 136 valence electrons. The van der Waals surface area contributed by atoms with Crippen LogP contribution in [0.5, 0.6) is 0 Å². The van der Waals surface area contributed by atoms with Gasteiger partial charge in [0, 0.05) is 21.7 Å². The fourth-order valence-corrected chi connectivity index (χ4v) is 5.91. The first-order valence-corrected chi connectivity index (χ1v) is 11.0. The van der Waals surface area contributed by atoms with Crippen LogP contribution in [0.15, 0.2) is 40.4 Å². The molecule has 5 heterocycles. The lowest BCUT2D eigenvalue weighted by molar-refractivity contribution is 0.0699. The monoisotopic (exact) mass is 422 g/mol. The quantitative estimate of drug-likeness (QED) is 0.335. The minimum Gasteiger partial charge on any atom is -0.478 e. The minimum atomic E-state index is -0.954. The Morgan fingerprint density at radius 2 is 1.57 bits per heavy atom. The summed E-state index contributed by atoms with van der Waals surface area (Å²) in [5.41, 5.74) is 3.10. The van der Waals surface area contributed by atoms with Gasteiger partial charge in [0.15, 0.2) is 0 Å². The van der Waals surface area contributed by atoms with Crippen molar-refractivity contribution in [2.45, 2.75) is 0 Å². The number of aromatic carboxylic acids is 1. The fraction of sp³-hybridized carbons (Fsp3) is 0. The lowest BCUT2D eigenvalue weighted by atomic mass is 10.0. The molecule has 0 atom stereocenters. The van der Waals surface area contributed by atoms with Crippen LogP contribution in [0.25, 0.3) is 53.6 Å². The molecule has 28 heavy (non-hydrogen) atoms. The van der Waals surface area contributed by atoms with Crippen molar-refractivity contribution in [3.8, 4) is 22.1 Å². The lowest BCUT2D eigenvalue weighted by Gasteiger charge is -2.05. The van der Waals surface area contributed by atoms with E-state index in [0.717, 1.165) is 42.3 Å². The number of benzene rings is 1. The highest BCUT2D eigenvalue weighted by Crippen LogP contribution is 2.41. The van der Waals surface area contributed by atoms with Crippen LogP contribution >= 0.6 is 34.0 Å². The highest BCUT2D eigenvalue weighted by Gasteiger charge is 2.21. The second-order valence-electron chi connectivity index (χ2n) is 6.27. The summed E-state index contributed by atoms with van der Waals surface area (Å²) in [6.07, 6.45) is 0. The Balaban J connectivity index is 1.64. The number of hydrogen-bond acceptors (Lipinski definition) is 6. The van der Waals surface area contributed by atoms with E-state index < -0.39 is 5.97 Å². The normalized spacial score (nSPS) is 11.9. The minimum absolute atomic E-state index is 0.267. The Morgan fingerprint density at radius 1 is 0.893 bits per heavy atom. The van der Waals surface area contributed by atoms with Crippen molar-refractivity contribution in [3.05, 3.63) is 46.0 Å². The van der Waals surface area contributed by atoms with E-state index in [1.165, 1.54) is 11.3 Å².